The molecule has 2 aliphatic rings. The lowest BCUT2D eigenvalue weighted by Gasteiger charge is -2.30. The van der Waals surface area contributed by atoms with Crippen molar-refractivity contribution in [2.75, 3.05) is 31.1 Å². The van der Waals surface area contributed by atoms with Gasteiger partial charge in [0.2, 0.25) is 5.88 Å². The first kappa shape index (κ1) is 10.8. The van der Waals surface area contributed by atoms with Crippen LogP contribution in [0.3, 0.4) is 0 Å². The first-order chi connectivity index (χ1) is 8.42. The summed E-state index contributed by atoms with van der Waals surface area (Å²) in [6.45, 7) is 4.24. The Kier molecular flexibility index (Phi) is 3.14. The van der Waals surface area contributed by atoms with Crippen LogP contribution in [-0.2, 0) is 0 Å². The van der Waals surface area contributed by atoms with E-state index in [-0.39, 0.29) is 0 Å². The molecule has 1 aromatic rings. The quantitative estimate of drug-likeness (QED) is 0.857. The van der Waals surface area contributed by atoms with E-state index in [2.05, 4.69) is 27.3 Å². The molecule has 0 radical (unpaired) electrons. The fourth-order valence-electron chi connectivity index (χ4n) is 2.24. The van der Waals surface area contributed by atoms with Crippen molar-refractivity contribution in [3.63, 3.8) is 0 Å². The predicted molar refractivity (Wildman–Crippen MR) is 67.6 cm³/mol. The number of anilines is 1. The molecule has 17 heavy (non-hydrogen) atoms. The Hall–Kier alpha value is -1.29. The summed E-state index contributed by atoms with van der Waals surface area (Å²) in [6, 6.07) is 4.14. The Bertz CT molecular complexity index is 373. The van der Waals surface area contributed by atoms with Crippen molar-refractivity contribution in [3.05, 3.63) is 18.3 Å². The van der Waals surface area contributed by atoms with Gasteiger partial charge in [-0.1, -0.05) is 0 Å². The van der Waals surface area contributed by atoms with Gasteiger partial charge in [0.1, 0.15) is 6.10 Å². The van der Waals surface area contributed by atoms with Crippen LogP contribution in [0.25, 0.3) is 0 Å². The minimum absolute atomic E-state index is 0.403. The number of piperazine rings is 1. The number of nitrogens with one attached hydrogen (secondary N) is 1. The molecular weight excluding hydrogens is 214 g/mol. The molecule has 4 nitrogen and oxygen atoms in total. The Labute approximate surface area is 102 Å². The van der Waals surface area contributed by atoms with E-state index in [9.17, 15) is 0 Å². The Balaban J connectivity index is 1.68. The van der Waals surface area contributed by atoms with Gasteiger partial charge in [0, 0.05) is 44.1 Å². The second kappa shape index (κ2) is 4.92. The molecule has 4 heteroatoms. The molecule has 3 rings (SSSR count). The molecule has 1 aliphatic heterocycles. The lowest BCUT2D eigenvalue weighted by molar-refractivity contribution is 0.114. The molecule has 1 N–H and O–H groups in total. The molecule has 2 fully saturated rings. The highest BCUT2D eigenvalue weighted by atomic mass is 16.5. The molecule has 2 heterocycles. The van der Waals surface area contributed by atoms with Crippen molar-refractivity contribution >= 4 is 5.69 Å². The summed E-state index contributed by atoms with van der Waals surface area (Å²) in [5, 5.41) is 3.36. The molecule has 1 saturated heterocycles. The van der Waals surface area contributed by atoms with Crippen LogP contribution >= 0.6 is 0 Å². The Morgan fingerprint density at radius 1 is 1.29 bits per heavy atom. The minimum Gasteiger partial charge on any atom is -0.474 e. The van der Waals surface area contributed by atoms with E-state index in [4.69, 9.17) is 4.74 Å². The van der Waals surface area contributed by atoms with E-state index in [1.165, 1.54) is 24.9 Å². The van der Waals surface area contributed by atoms with Gasteiger partial charge in [-0.25, -0.2) is 4.98 Å². The van der Waals surface area contributed by atoms with Gasteiger partial charge in [0.25, 0.3) is 0 Å². The second-order valence-corrected chi connectivity index (χ2v) is 4.76. The standard InChI is InChI=1S/C13H19N3O/c1-2-12(3-1)17-13-10-11(4-5-15-13)16-8-6-14-7-9-16/h4-5,10,12,14H,1-3,6-9H2. The van der Waals surface area contributed by atoms with Gasteiger partial charge in [-0.2, -0.15) is 0 Å². The summed E-state index contributed by atoms with van der Waals surface area (Å²) in [7, 11) is 0. The third-order valence-corrected chi connectivity index (χ3v) is 3.54. The Morgan fingerprint density at radius 2 is 2.12 bits per heavy atom. The molecule has 1 aliphatic carbocycles. The molecule has 0 amide bonds. The average molecular weight is 233 g/mol. The fourth-order valence-corrected chi connectivity index (χ4v) is 2.24. The summed E-state index contributed by atoms with van der Waals surface area (Å²) in [4.78, 5) is 6.67. The zero-order valence-electron chi connectivity index (χ0n) is 10.1. The summed E-state index contributed by atoms with van der Waals surface area (Å²) in [6.07, 6.45) is 5.91. The minimum atomic E-state index is 0.403. The Morgan fingerprint density at radius 3 is 2.82 bits per heavy atom. The number of pyridine rings is 1. The number of hydrogen-bond donors (Lipinski definition) is 1. The fraction of sp³-hybridized carbons (Fsp3) is 0.615. The van der Waals surface area contributed by atoms with Crippen LogP contribution in [0.1, 0.15) is 19.3 Å². The van der Waals surface area contributed by atoms with Crippen LogP contribution in [0, 0.1) is 0 Å². The smallest absolute Gasteiger partial charge is 0.215 e. The largest absolute Gasteiger partial charge is 0.474 e. The molecule has 92 valence electrons. The molecule has 0 bridgehead atoms. The van der Waals surface area contributed by atoms with Crippen molar-refractivity contribution in [2.24, 2.45) is 0 Å². The number of aromatic nitrogens is 1. The van der Waals surface area contributed by atoms with Crippen molar-refractivity contribution in [2.45, 2.75) is 25.4 Å². The molecule has 0 unspecified atom stereocenters. The van der Waals surface area contributed by atoms with E-state index in [0.29, 0.717) is 6.10 Å². The molecular formula is C13H19N3O. The zero-order valence-corrected chi connectivity index (χ0v) is 10.1. The van der Waals surface area contributed by atoms with Crippen LogP contribution in [0.5, 0.6) is 5.88 Å². The van der Waals surface area contributed by atoms with E-state index >= 15 is 0 Å². The average Bonchev–Trinajstić information content (AvgIpc) is 2.35. The third kappa shape index (κ3) is 2.52. The highest BCUT2D eigenvalue weighted by molar-refractivity contribution is 5.48. The predicted octanol–water partition coefficient (Wildman–Crippen LogP) is 1.42. The van der Waals surface area contributed by atoms with Crippen molar-refractivity contribution in [3.8, 4) is 5.88 Å². The maximum absolute atomic E-state index is 5.83. The summed E-state index contributed by atoms with van der Waals surface area (Å²) in [5.74, 6) is 0.783. The molecule has 1 saturated carbocycles. The third-order valence-electron chi connectivity index (χ3n) is 3.54. The van der Waals surface area contributed by atoms with Gasteiger partial charge >= 0.3 is 0 Å². The van der Waals surface area contributed by atoms with Crippen LogP contribution in [0.2, 0.25) is 0 Å². The van der Waals surface area contributed by atoms with Crippen LogP contribution in [-0.4, -0.2) is 37.3 Å². The topological polar surface area (TPSA) is 37.4 Å². The first-order valence-electron chi connectivity index (χ1n) is 6.50. The van der Waals surface area contributed by atoms with Gasteiger partial charge in [0.05, 0.1) is 0 Å². The van der Waals surface area contributed by atoms with Crippen molar-refractivity contribution in [1.29, 1.82) is 0 Å². The maximum Gasteiger partial charge on any atom is 0.215 e. The summed E-state index contributed by atoms with van der Waals surface area (Å²) >= 11 is 0. The van der Waals surface area contributed by atoms with E-state index in [0.717, 1.165) is 32.1 Å². The molecule has 0 aromatic carbocycles. The van der Waals surface area contributed by atoms with Gasteiger partial charge < -0.3 is 15.0 Å². The highest BCUT2D eigenvalue weighted by Crippen LogP contribution is 2.26. The van der Waals surface area contributed by atoms with Gasteiger partial charge in [-0.05, 0) is 25.3 Å². The first-order valence-corrected chi connectivity index (χ1v) is 6.50. The van der Waals surface area contributed by atoms with Crippen LogP contribution in [0.4, 0.5) is 5.69 Å². The van der Waals surface area contributed by atoms with Gasteiger partial charge in [-0.15, -0.1) is 0 Å². The summed E-state index contributed by atoms with van der Waals surface area (Å²) < 4.78 is 5.83. The van der Waals surface area contributed by atoms with Crippen LogP contribution in [0.15, 0.2) is 18.3 Å². The lowest BCUT2D eigenvalue weighted by Crippen LogP contribution is -2.43. The molecule has 1 aromatic heterocycles. The number of nitrogens with zero attached hydrogens (tertiary/aromatic N) is 2. The SMILES string of the molecule is c1cc(N2CCNCC2)cc(OC2CCC2)n1. The van der Waals surface area contributed by atoms with E-state index in [1.807, 2.05) is 6.20 Å². The number of rotatable bonds is 3. The van der Waals surface area contributed by atoms with Crippen molar-refractivity contribution < 1.29 is 4.74 Å². The van der Waals surface area contributed by atoms with Gasteiger partial charge in [-0.3, -0.25) is 0 Å². The monoisotopic (exact) mass is 233 g/mol. The van der Waals surface area contributed by atoms with Gasteiger partial charge in [0.15, 0.2) is 0 Å². The maximum atomic E-state index is 5.83. The molecule has 0 spiro atoms. The molecule has 0 atom stereocenters. The second-order valence-electron chi connectivity index (χ2n) is 4.76. The van der Waals surface area contributed by atoms with E-state index < -0.39 is 0 Å². The number of hydrogen-bond acceptors (Lipinski definition) is 4. The highest BCUT2D eigenvalue weighted by Gasteiger charge is 2.20. The lowest BCUT2D eigenvalue weighted by atomic mass is 9.96. The van der Waals surface area contributed by atoms with Crippen molar-refractivity contribution in [1.82, 2.24) is 10.3 Å². The normalized spacial score (nSPS) is 21.1. The van der Waals surface area contributed by atoms with Crippen LogP contribution < -0.4 is 15.0 Å². The van der Waals surface area contributed by atoms with E-state index in [1.54, 1.807) is 0 Å². The zero-order chi connectivity index (χ0) is 11.5. The summed E-state index contributed by atoms with van der Waals surface area (Å²) in [5.41, 5.74) is 1.23. The number of ether oxygens (including phenoxy) is 1.